The predicted octanol–water partition coefficient (Wildman–Crippen LogP) is 0.945. The van der Waals surface area contributed by atoms with Gasteiger partial charge in [-0.2, -0.15) is 0 Å². The number of imide groups is 2. The molecule has 4 saturated heterocycles. The van der Waals surface area contributed by atoms with E-state index in [1.54, 1.807) is 11.8 Å². The third-order valence-electron chi connectivity index (χ3n) is 13.4. The first kappa shape index (κ1) is 52.4. The molecule has 8 amide bonds. The lowest BCUT2D eigenvalue weighted by atomic mass is 10.00. The molecule has 0 spiro atoms. The smallest absolute Gasteiger partial charge is 0.266 e. The molecule has 23 heteroatoms. The van der Waals surface area contributed by atoms with Crippen LogP contribution in [0.1, 0.15) is 122 Å². The van der Waals surface area contributed by atoms with Crippen LogP contribution in [0.3, 0.4) is 0 Å². The largest absolute Gasteiger partial charge is 0.483 e. The maximum Gasteiger partial charge on any atom is 0.266 e. The maximum absolute atomic E-state index is 13.4. The minimum absolute atomic E-state index is 0.00924. The molecule has 0 aliphatic carbocycles. The van der Waals surface area contributed by atoms with E-state index in [1.165, 1.54) is 22.5 Å². The van der Waals surface area contributed by atoms with Crippen molar-refractivity contribution in [3.63, 3.8) is 0 Å². The molecule has 5 atom stereocenters. The molecule has 0 saturated carbocycles. The van der Waals surface area contributed by atoms with Crippen LogP contribution in [0.25, 0.3) is 0 Å². The summed E-state index contributed by atoms with van der Waals surface area (Å²) in [6.07, 6.45) is 7.80. The van der Waals surface area contributed by atoms with Gasteiger partial charge in [-0.15, -0.1) is 11.8 Å². The Kier molecular flexibility index (Phi) is 17.3. The van der Waals surface area contributed by atoms with Crippen molar-refractivity contribution in [1.82, 2.24) is 51.5 Å². The number of nitrogens with one attached hydrogen (secondary N) is 7. The quantitative estimate of drug-likeness (QED) is 0.0639. The van der Waals surface area contributed by atoms with E-state index < -0.39 is 51.2 Å². The number of carbonyl (C=O) groups excluding carboxylic acids is 8. The van der Waals surface area contributed by atoms with Crippen LogP contribution in [0.4, 0.5) is 0 Å². The molecule has 5 aliphatic heterocycles. The molecule has 2 aromatic carbocycles. The highest BCUT2D eigenvalue weighted by molar-refractivity contribution is 8.00. The fourth-order valence-electron chi connectivity index (χ4n) is 9.27. The summed E-state index contributed by atoms with van der Waals surface area (Å²) in [6.45, 7) is 5.37. The number of hydrogen-bond acceptors (Lipinski definition) is 15. The van der Waals surface area contributed by atoms with Crippen molar-refractivity contribution in [2.45, 2.75) is 107 Å². The molecule has 21 nitrogen and oxygen atoms in total. The van der Waals surface area contributed by atoms with Gasteiger partial charge in [0.1, 0.15) is 22.8 Å². The van der Waals surface area contributed by atoms with Gasteiger partial charge in [0.05, 0.1) is 29.8 Å². The Hall–Kier alpha value is -5.46. The summed E-state index contributed by atoms with van der Waals surface area (Å²) in [7, 11) is -3.36. The van der Waals surface area contributed by atoms with Crippen LogP contribution in [-0.2, 0) is 38.8 Å². The van der Waals surface area contributed by atoms with Crippen LogP contribution in [0.15, 0.2) is 42.5 Å². The predicted molar refractivity (Wildman–Crippen MR) is 258 cm³/mol. The molecule has 7 N–H and O–H groups in total. The van der Waals surface area contributed by atoms with Crippen LogP contribution in [0.2, 0.25) is 0 Å². The first-order chi connectivity index (χ1) is 33.4. The lowest BCUT2D eigenvalue weighted by Gasteiger charge is -2.34. The first-order valence-corrected chi connectivity index (χ1v) is 26.9. The normalized spacial score (nSPS) is 23.0. The fraction of sp³-hybridized carbons (Fsp3) is 0.574. The molecule has 5 aliphatic rings. The molecule has 4 fully saturated rings. The molecule has 380 valence electrons. The number of piperidine rings is 1. The highest BCUT2D eigenvalue weighted by Gasteiger charge is 2.46. The van der Waals surface area contributed by atoms with Gasteiger partial charge in [-0.25, -0.2) is 23.2 Å². The summed E-state index contributed by atoms with van der Waals surface area (Å²) < 4.78 is 30.5. The Morgan fingerprint density at radius 2 is 1.53 bits per heavy atom. The zero-order chi connectivity index (χ0) is 50.2. The molecule has 0 radical (unpaired) electrons. The Morgan fingerprint density at radius 3 is 2.24 bits per heavy atom. The van der Waals surface area contributed by atoms with Gasteiger partial charge >= 0.3 is 0 Å². The molecule has 5 unspecified atom stereocenters. The molecule has 70 heavy (non-hydrogen) atoms. The standard InChI is InChI=1S/C47H64N10O11S2/c1-47(2,56-23-19-33(54-56)29-12-10-13-30(24-29)34-28-69-46(51-34)53-38(59)25-50-41(61)31-18-22-55(26-31)70(3,66)67)45(65)49-21-9-7-5-4-6-8-20-48-39(60)27-68-36-15-11-14-32-40(36)44(64)57(43(32)63)35-16-17-37(58)52-42(35)62/h10-15,24,31,33-35,46,51,54H,4-9,16-23,25-28H2,1-3H3,(H,48,60)(H,49,65)(H,50,61)(H,53,59)(H,52,58,62). The third kappa shape index (κ3) is 12.9. The topological polar surface area (TPSA) is 274 Å². The summed E-state index contributed by atoms with van der Waals surface area (Å²) in [5.74, 6) is -3.32. The molecule has 0 bridgehead atoms. The molecule has 5 heterocycles. The second kappa shape index (κ2) is 23.2. The average molecular weight is 1010 g/mol. The van der Waals surface area contributed by atoms with Crippen molar-refractivity contribution in [3.8, 4) is 5.75 Å². The van der Waals surface area contributed by atoms with E-state index in [0.717, 1.165) is 73.0 Å². The van der Waals surface area contributed by atoms with E-state index in [2.05, 4.69) is 55.5 Å². The molecular formula is C47H64N10O11S2. The van der Waals surface area contributed by atoms with E-state index in [4.69, 9.17) is 4.74 Å². The molecular weight excluding hydrogens is 945 g/mol. The van der Waals surface area contributed by atoms with Gasteiger partial charge in [0.25, 0.3) is 17.7 Å². The van der Waals surface area contributed by atoms with E-state index in [1.807, 2.05) is 24.9 Å². The number of carbonyl (C=O) groups is 8. The zero-order valence-corrected chi connectivity index (χ0v) is 41.4. The van der Waals surface area contributed by atoms with Crippen molar-refractivity contribution >= 4 is 69.0 Å². The van der Waals surface area contributed by atoms with Crippen molar-refractivity contribution < 1.29 is 51.5 Å². The van der Waals surface area contributed by atoms with Crippen LogP contribution in [0, 0.1) is 5.92 Å². The number of ether oxygens (including phenoxy) is 1. The number of sulfonamides is 1. The first-order valence-electron chi connectivity index (χ1n) is 24.0. The summed E-state index contributed by atoms with van der Waals surface area (Å²) in [5.41, 5.74) is 4.67. The van der Waals surface area contributed by atoms with Crippen LogP contribution in [-0.4, -0.2) is 145 Å². The summed E-state index contributed by atoms with van der Waals surface area (Å²) >= 11 is 1.56. The lowest BCUT2D eigenvalue weighted by Crippen LogP contribution is -2.57. The average Bonchev–Trinajstić information content (AvgIpc) is 4.17. The highest BCUT2D eigenvalue weighted by atomic mass is 32.2. The number of rotatable bonds is 22. The number of fused-ring (bicyclic) bond motifs is 1. The third-order valence-corrected chi connectivity index (χ3v) is 15.8. The summed E-state index contributed by atoms with van der Waals surface area (Å²) in [6, 6.07) is 11.7. The van der Waals surface area contributed by atoms with Gasteiger partial charge in [-0.3, -0.25) is 53.9 Å². The highest BCUT2D eigenvalue weighted by Crippen LogP contribution is 2.35. The van der Waals surface area contributed by atoms with E-state index in [0.29, 0.717) is 32.6 Å². The monoisotopic (exact) mass is 1010 g/mol. The number of benzene rings is 2. The van der Waals surface area contributed by atoms with Gasteiger partial charge < -0.3 is 26.0 Å². The zero-order valence-electron chi connectivity index (χ0n) is 39.8. The van der Waals surface area contributed by atoms with Gasteiger partial charge in [0.15, 0.2) is 6.61 Å². The van der Waals surface area contributed by atoms with Crippen LogP contribution in [0.5, 0.6) is 5.75 Å². The van der Waals surface area contributed by atoms with Crippen LogP contribution < -0.4 is 42.1 Å². The van der Waals surface area contributed by atoms with E-state index in [-0.39, 0.29) is 90.6 Å². The van der Waals surface area contributed by atoms with Crippen molar-refractivity contribution in [2.24, 2.45) is 5.92 Å². The SMILES string of the molecule is CC(C)(C(=O)NCCCCCCCCNC(=O)COc1cccc2c1C(=O)N(C1CCC(=O)NC1=O)C2=O)N1CCC(c2cccc(C3CSC(NC(=O)CNC(=O)C4CCN(S(C)(=O)=O)C4)N3)c2)N1. The van der Waals surface area contributed by atoms with Gasteiger partial charge in [-0.05, 0) is 69.2 Å². The van der Waals surface area contributed by atoms with Crippen LogP contribution >= 0.6 is 11.8 Å². The number of hydrogen-bond donors (Lipinski definition) is 7. The van der Waals surface area contributed by atoms with Gasteiger partial charge in [-0.1, -0.05) is 56.0 Å². The number of nitrogens with zero attached hydrogens (tertiary/aromatic N) is 3. The Balaban J connectivity index is 0.731. The molecule has 7 rings (SSSR count). The van der Waals surface area contributed by atoms with Crippen molar-refractivity contribution in [1.29, 1.82) is 0 Å². The number of unbranched alkanes of at least 4 members (excludes halogenated alkanes) is 5. The van der Waals surface area contributed by atoms with E-state index in [9.17, 15) is 46.8 Å². The Morgan fingerprint density at radius 1 is 0.829 bits per heavy atom. The fourth-order valence-corrected chi connectivity index (χ4v) is 11.3. The van der Waals surface area contributed by atoms with Gasteiger partial charge in [0, 0.05) is 57.0 Å². The second-order valence-corrected chi connectivity index (χ2v) is 21.9. The summed E-state index contributed by atoms with van der Waals surface area (Å²) in [5, 5.41) is 19.1. The number of amides is 8. The maximum atomic E-state index is 13.4. The summed E-state index contributed by atoms with van der Waals surface area (Å²) in [4.78, 5) is 102. The lowest BCUT2D eigenvalue weighted by molar-refractivity contribution is -0.136. The Labute approximate surface area is 412 Å². The minimum Gasteiger partial charge on any atom is -0.483 e. The minimum atomic E-state index is -3.36. The number of hydrazine groups is 1. The van der Waals surface area contributed by atoms with Crippen molar-refractivity contribution in [3.05, 3.63) is 64.7 Å². The van der Waals surface area contributed by atoms with Gasteiger partial charge in [0.2, 0.25) is 39.6 Å². The second-order valence-electron chi connectivity index (χ2n) is 18.8. The molecule has 2 aromatic rings. The Bertz CT molecular complexity index is 2460. The van der Waals surface area contributed by atoms with E-state index >= 15 is 0 Å². The number of thioether (sulfide) groups is 1. The van der Waals surface area contributed by atoms with Crippen molar-refractivity contribution in [2.75, 3.05) is 57.9 Å². The molecule has 0 aromatic heterocycles.